The van der Waals surface area contributed by atoms with Gasteiger partial charge in [0.2, 0.25) is 0 Å². The Bertz CT molecular complexity index is 589. The molecule has 1 aliphatic heterocycles. The van der Waals surface area contributed by atoms with Gasteiger partial charge in [-0.2, -0.15) is 0 Å². The first kappa shape index (κ1) is 21.4. The molecule has 1 heterocycles. The van der Waals surface area contributed by atoms with E-state index in [2.05, 4.69) is 0 Å². The maximum absolute atomic E-state index is 11.7. The highest BCUT2D eigenvalue weighted by Gasteiger charge is 2.53. The third-order valence-corrected chi connectivity index (χ3v) is 3.27. The minimum absolute atomic E-state index is 0.415. The van der Waals surface area contributed by atoms with Crippen molar-refractivity contribution in [3.8, 4) is 0 Å². The van der Waals surface area contributed by atoms with Crippen molar-refractivity contribution in [3.63, 3.8) is 0 Å². The molecular weight excluding hydrogens is 354 g/mol. The van der Waals surface area contributed by atoms with E-state index in [1.54, 1.807) is 0 Å². The highest BCUT2D eigenvalue weighted by molar-refractivity contribution is 5.81. The van der Waals surface area contributed by atoms with Crippen molar-refractivity contribution in [2.24, 2.45) is 5.73 Å². The Kier molecular flexibility index (Phi) is 7.50. The monoisotopic (exact) mass is 375 g/mol. The number of hydrogen-bond acceptors (Lipinski definition) is 10. The number of carbonyl (C=O) groups excluding carboxylic acids is 5. The lowest BCUT2D eigenvalue weighted by molar-refractivity contribution is -0.248. The molecule has 1 fully saturated rings. The number of esters is 4. The molecule has 5 atom stereocenters. The van der Waals surface area contributed by atoms with Crippen LogP contribution in [0.15, 0.2) is 0 Å². The van der Waals surface area contributed by atoms with Gasteiger partial charge in [-0.1, -0.05) is 0 Å². The molecule has 146 valence electrons. The van der Waals surface area contributed by atoms with Crippen LogP contribution in [0, 0.1) is 0 Å². The van der Waals surface area contributed by atoms with Crippen molar-refractivity contribution < 1.29 is 47.7 Å². The predicted molar refractivity (Wildman–Crippen MR) is 81.2 cm³/mol. The summed E-state index contributed by atoms with van der Waals surface area (Å²) in [5.41, 5.74) is 5.28. The zero-order valence-electron chi connectivity index (χ0n) is 14.8. The predicted octanol–water partition coefficient (Wildman–Crippen LogP) is -1.40. The smallest absolute Gasteiger partial charge is 0.303 e. The fourth-order valence-corrected chi connectivity index (χ4v) is 2.46. The molecule has 0 aliphatic carbocycles. The SMILES string of the molecule is CC(=O)OC[C@H]1O[C@H](C(N)=O)[C@H](OC(C)=O)[C@@H](OC(C)=O)[C@@H]1OC(C)=O. The Morgan fingerprint density at radius 3 is 1.65 bits per heavy atom. The van der Waals surface area contributed by atoms with E-state index in [1.807, 2.05) is 0 Å². The largest absolute Gasteiger partial charge is 0.463 e. The molecule has 0 unspecified atom stereocenters. The molecule has 0 radical (unpaired) electrons. The minimum Gasteiger partial charge on any atom is -0.463 e. The van der Waals surface area contributed by atoms with Crippen molar-refractivity contribution in [2.75, 3.05) is 6.61 Å². The van der Waals surface area contributed by atoms with Crippen LogP contribution in [0.4, 0.5) is 0 Å². The van der Waals surface area contributed by atoms with Gasteiger partial charge in [0.25, 0.3) is 5.91 Å². The first-order chi connectivity index (χ1) is 12.0. The number of primary amides is 1. The zero-order chi connectivity index (χ0) is 20.0. The molecule has 0 bridgehead atoms. The lowest BCUT2D eigenvalue weighted by Gasteiger charge is -2.43. The Morgan fingerprint density at radius 1 is 0.769 bits per heavy atom. The molecule has 0 spiro atoms. The highest BCUT2D eigenvalue weighted by atomic mass is 16.7. The lowest BCUT2D eigenvalue weighted by atomic mass is 9.93. The molecule has 11 heteroatoms. The van der Waals surface area contributed by atoms with Crippen LogP contribution in [0.1, 0.15) is 27.7 Å². The summed E-state index contributed by atoms with van der Waals surface area (Å²) in [6.07, 6.45) is -6.86. The van der Waals surface area contributed by atoms with E-state index in [1.165, 1.54) is 0 Å². The van der Waals surface area contributed by atoms with E-state index in [0.717, 1.165) is 27.7 Å². The second-order valence-corrected chi connectivity index (χ2v) is 5.52. The number of hydrogen-bond donors (Lipinski definition) is 1. The van der Waals surface area contributed by atoms with Gasteiger partial charge < -0.3 is 29.4 Å². The quantitative estimate of drug-likeness (QED) is 0.432. The third-order valence-electron chi connectivity index (χ3n) is 3.27. The fraction of sp³-hybridized carbons (Fsp3) is 0.667. The molecule has 11 nitrogen and oxygen atoms in total. The average molecular weight is 375 g/mol. The molecule has 0 saturated carbocycles. The molecular formula is C15H21NO10. The third kappa shape index (κ3) is 5.99. The number of rotatable bonds is 6. The number of ether oxygens (including phenoxy) is 5. The summed E-state index contributed by atoms with van der Waals surface area (Å²) >= 11 is 0. The minimum atomic E-state index is -1.52. The number of carbonyl (C=O) groups is 5. The summed E-state index contributed by atoms with van der Waals surface area (Å²) in [7, 11) is 0. The van der Waals surface area contributed by atoms with Crippen LogP contribution in [0.3, 0.4) is 0 Å². The lowest BCUT2D eigenvalue weighted by Crippen LogP contribution is -2.65. The molecule has 0 aromatic carbocycles. The molecule has 2 N–H and O–H groups in total. The topological polar surface area (TPSA) is 158 Å². The molecule has 0 aromatic rings. The molecule has 1 saturated heterocycles. The first-order valence-corrected chi connectivity index (χ1v) is 7.62. The van der Waals surface area contributed by atoms with Gasteiger partial charge in [-0.15, -0.1) is 0 Å². The van der Waals surface area contributed by atoms with E-state index in [-0.39, 0.29) is 0 Å². The average Bonchev–Trinajstić information content (AvgIpc) is 2.47. The molecule has 1 rings (SSSR count). The maximum Gasteiger partial charge on any atom is 0.303 e. The summed E-state index contributed by atoms with van der Waals surface area (Å²) < 4.78 is 25.5. The standard InChI is InChI=1S/C15H21NO10/c1-6(17)22-5-10-11(23-7(2)18)12(24-8(3)19)13(25-9(4)20)14(26-10)15(16)21/h10-14H,5H2,1-4H3,(H2,16,21)/t10-,11-,12+,13-,14+/m1/s1. The second kappa shape index (κ2) is 9.13. The van der Waals surface area contributed by atoms with Gasteiger partial charge >= 0.3 is 23.9 Å². The van der Waals surface area contributed by atoms with Gasteiger partial charge in [0.05, 0.1) is 0 Å². The van der Waals surface area contributed by atoms with Crippen molar-refractivity contribution >= 4 is 29.8 Å². The summed E-state index contributed by atoms with van der Waals surface area (Å²) in [6.45, 7) is 3.96. The van der Waals surface area contributed by atoms with E-state index < -0.39 is 66.9 Å². The number of amides is 1. The second-order valence-electron chi connectivity index (χ2n) is 5.52. The van der Waals surface area contributed by atoms with Gasteiger partial charge in [-0.25, -0.2) is 0 Å². The van der Waals surface area contributed by atoms with Gasteiger partial charge in [0.1, 0.15) is 12.7 Å². The highest BCUT2D eigenvalue weighted by Crippen LogP contribution is 2.29. The van der Waals surface area contributed by atoms with Gasteiger partial charge in [-0.05, 0) is 0 Å². The molecule has 1 amide bonds. The van der Waals surface area contributed by atoms with Gasteiger partial charge in [0.15, 0.2) is 24.4 Å². The number of nitrogens with two attached hydrogens (primary N) is 1. The molecule has 1 aliphatic rings. The Morgan fingerprint density at radius 2 is 1.23 bits per heavy atom. The Labute approximate surface area is 149 Å². The summed E-state index contributed by atoms with van der Waals surface area (Å²) in [5.74, 6) is -4.02. The van der Waals surface area contributed by atoms with Crippen molar-refractivity contribution in [1.29, 1.82) is 0 Å². The van der Waals surface area contributed by atoms with Crippen LogP contribution in [-0.2, 0) is 47.7 Å². The van der Waals surface area contributed by atoms with Gasteiger partial charge in [0, 0.05) is 27.7 Å². The Hall–Kier alpha value is -2.69. The van der Waals surface area contributed by atoms with E-state index in [4.69, 9.17) is 29.4 Å². The van der Waals surface area contributed by atoms with Crippen LogP contribution in [-0.4, -0.2) is 66.9 Å². The normalized spacial score (nSPS) is 27.8. The van der Waals surface area contributed by atoms with Crippen molar-refractivity contribution in [2.45, 2.75) is 58.2 Å². The summed E-state index contributed by atoms with van der Waals surface area (Å²) in [4.78, 5) is 57.1. The fourth-order valence-electron chi connectivity index (χ4n) is 2.46. The van der Waals surface area contributed by atoms with E-state index in [9.17, 15) is 24.0 Å². The van der Waals surface area contributed by atoms with Crippen LogP contribution < -0.4 is 5.73 Å². The first-order valence-electron chi connectivity index (χ1n) is 7.62. The van der Waals surface area contributed by atoms with Gasteiger partial charge in [-0.3, -0.25) is 24.0 Å². The zero-order valence-corrected chi connectivity index (χ0v) is 14.8. The Balaban J connectivity index is 3.29. The van der Waals surface area contributed by atoms with E-state index >= 15 is 0 Å². The molecule has 26 heavy (non-hydrogen) atoms. The van der Waals surface area contributed by atoms with Crippen LogP contribution in [0.25, 0.3) is 0 Å². The summed E-state index contributed by atoms with van der Waals surface area (Å²) in [5, 5.41) is 0. The maximum atomic E-state index is 11.7. The van der Waals surface area contributed by atoms with Crippen molar-refractivity contribution in [3.05, 3.63) is 0 Å². The van der Waals surface area contributed by atoms with E-state index in [0.29, 0.717) is 0 Å². The van der Waals surface area contributed by atoms with Crippen LogP contribution in [0.2, 0.25) is 0 Å². The van der Waals surface area contributed by atoms with Crippen LogP contribution >= 0.6 is 0 Å². The summed E-state index contributed by atoms with van der Waals surface area (Å²) in [6, 6.07) is 0. The van der Waals surface area contributed by atoms with Crippen LogP contribution in [0.5, 0.6) is 0 Å². The molecule has 0 aromatic heterocycles. The van der Waals surface area contributed by atoms with Crippen molar-refractivity contribution in [1.82, 2.24) is 0 Å².